The van der Waals surface area contributed by atoms with E-state index in [0.717, 1.165) is 19.2 Å². The standard InChI is InChI=1S/C13H17F2NO/c1-9(16-6-4-11(17)5-7-16)12-3-2-10(14)8-13(12)15/h2-3,8-9,11,17H,4-7H2,1H3. The second kappa shape index (κ2) is 5.10. The Hall–Kier alpha value is -1.00. The van der Waals surface area contributed by atoms with Gasteiger partial charge in [0.2, 0.25) is 0 Å². The molecular formula is C13H17F2NO. The van der Waals surface area contributed by atoms with Crippen LogP contribution in [0.3, 0.4) is 0 Å². The van der Waals surface area contributed by atoms with Crippen molar-refractivity contribution in [3.05, 3.63) is 35.4 Å². The third-order valence-corrected chi connectivity index (χ3v) is 3.46. The minimum absolute atomic E-state index is 0.0805. The van der Waals surface area contributed by atoms with Gasteiger partial charge in [-0.05, 0) is 25.8 Å². The summed E-state index contributed by atoms with van der Waals surface area (Å²) >= 11 is 0. The third kappa shape index (κ3) is 2.82. The number of hydrogen-bond donors (Lipinski definition) is 1. The lowest BCUT2D eigenvalue weighted by molar-refractivity contribution is 0.0637. The Morgan fingerprint density at radius 3 is 2.53 bits per heavy atom. The molecule has 17 heavy (non-hydrogen) atoms. The van der Waals surface area contributed by atoms with Crippen molar-refractivity contribution in [3.63, 3.8) is 0 Å². The number of aliphatic hydroxyl groups excluding tert-OH is 1. The summed E-state index contributed by atoms with van der Waals surface area (Å²) in [5.41, 5.74) is 0.516. The Kier molecular flexibility index (Phi) is 3.74. The fraction of sp³-hybridized carbons (Fsp3) is 0.538. The number of piperidine rings is 1. The quantitative estimate of drug-likeness (QED) is 0.860. The molecule has 0 aliphatic carbocycles. The monoisotopic (exact) mass is 241 g/mol. The minimum Gasteiger partial charge on any atom is -0.393 e. The molecule has 0 aromatic heterocycles. The fourth-order valence-corrected chi connectivity index (χ4v) is 2.31. The van der Waals surface area contributed by atoms with E-state index < -0.39 is 11.6 Å². The van der Waals surface area contributed by atoms with Crippen LogP contribution >= 0.6 is 0 Å². The van der Waals surface area contributed by atoms with Crippen LogP contribution < -0.4 is 0 Å². The molecule has 0 bridgehead atoms. The maximum Gasteiger partial charge on any atom is 0.130 e. The molecule has 0 spiro atoms. The molecule has 0 amide bonds. The number of halogens is 2. The normalized spacial score (nSPS) is 20.5. The van der Waals surface area contributed by atoms with Crippen molar-refractivity contribution in [3.8, 4) is 0 Å². The second-order valence-corrected chi connectivity index (χ2v) is 4.61. The lowest BCUT2D eigenvalue weighted by Crippen LogP contribution is -2.37. The topological polar surface area (TPSA) is 23.5 Å². The van der Waals surface area contributed by atoms with Crippen molar-refractivity contribution in [2.24, 2.45) is 0 Å². The van der Waals surface area contributed by atoms with Crippen LogP contribution in [0.4, 0.5) is 8.78 Å². The van der Waals surface area contributed by atoms with Gasteiger partial charge in [0.1, 0.15) is 11.6 Å². The lowest BCUT2D eigenvalue weighted by atomic mass is 10.0. The molecule has 0 saturated carbocycles. The van der Waals surface area contributed by atoms with E-state index in [4.69, 9.17) is 0 Å². The molecule has 2 rings (SSSR count). The van der Waals surface area contributed by atoms with Gasteiger partial charge in [0.05, 0.1) is 6.10 Å². The van der Waals surface area contributed by atoms with Gasteiger partial charge in [-0.25, -0.2) is 8.78 Å². The number of hydrogen-bond acceptors (Lipinski definition) is 2. The predicted molar refractivity (Wildman–Crippen MR) is 61.6 cm³/mol. The molecule has 2 nitrogen and oxygen atoms in total. The van der Waals surface area contributed by atoms with Gasteiger partial charge in [0, 0.05) is 30.8 Å². The van der Waals surface area contributed by atoms with Gasteiger partial charge in [-0.1, -0.05) is 6.07 Å². The Balaban J connectivity index is 2.11. The number of benzene rings is 1. The molecule has 1 aromatic carbocycles. The summed E-state index contributed by atoms with van der Waals surface area (Å²) in [5.74, 6) is -1.05. The van der Waals surface area contributed by atoms with Gasteiger partial charge in [-0.3, -0.25) is 4.90 Å². The van der Waals surface area contributed by atoms with Gasteiger partial charge in [0.25, 0.3) is 0 Å². The molecule has 1 aliphatic heterocycles. The molecule has 1 heterocycles. The van der Waals surface area contributed by atoms with Crippen LogP contribution in [0.1, 0.15) is 31.4 Å². The first-order valence-electron chi connectivity index (χ1n) is 5.95. The molecule has 1 aromatic rings. The van der Waals surface area contributed by atoms with E-state index in [1.54, 1.807) is 0 Å². The average Bonchev–Trinajstić information content (AvgIpc) is 2.29. The molecule has 94 valence electrons. The first kappa shape index (κ1) is 12.5. The Morgan fingerprint density at radius 2 is 1.94 bits per heavy atom. The zero-order valence-corrected chi connectivity index (χ0v) is 9.87. The fourth-order valence-electron chi connectivity index (χ4n) is 2.31. The van der Waals surface area contributed by atoms with Crippen LogP contribution in [0.15, 0.2) is 18.2 Å². The van der Waals surface area contributed by atoms with Gasteiger partial charge >= 0.3 is 0 Å². The first-order chi connectivity index (χ1) is 8.08. The van der Waals surface area contributed by atoms with Gasteiger partial charge in [-0.15, -0.1) is 0 Å². The first-order valence-corrected chi connectivity index (χ1v) is 5.95. The third-order valence-electron chi connectivity index (χ3n) is 3.46. The van der Waals surface area contributed by atoms with Crippen LogP contribution in [0.2, 0.25) is 0 Å². The zero-order chi connectivity index (χ0) is 12.4. The highest BCUT2D eigenvalue weighted by Gasteiger charge is 2.23. The molecule has 1 atom stereocenters. The summed E-state index contributed by atoms with van der Waals surface area (Å²) in [4.78, 5) is 2.11. The number of rotatable bonds is 2. The molecule has 1 N–H and O–H groups in total. The van der Waals surface area contributed by atoms with Crippen molar-refractivity contribution >= 4 is 0 Å². The highest BCUT2D eigenvalue weighted by atomic mass is 19.1. The molecule has 0 radical (unpaired) electrons. The van der Waals surface area contributed by atoms with Crippen molar-refractivity contribution in [2.45, 2.75) is 31.9 Å². The van der Waals surface area contributed by atoms with Crippen molar-refractivity contribution in [2.75, 3.05) is 13.1 Å². The Labute approximate surface area is 99.9 Å². The van der Waals surface area contributed by atoms with Crippen LogP contribution in [-0.4, -0.2) is 29.2 Å². The maximum atomic E-state index is 13.6. The summed E-state index contributed by atoms with van der Waals surface area (Å²) in [5, 5.41) is 9.42. The predicted octanol–water partition coefficient (Wildman–Crippen LogP) is 2.48. The van der Waals surface area contributed by atoms with Crippen LogP contribution in [0.25, 0.3) is 0 Å². The Morgan fingerprint density at radius 1 is 1.29 bits per heavy atom. The van der Waals surface area contributed by atoms with E-state index >= 15 is 0 Å². The number of likely N-dealkylation sites (tertiary alicyclic amines) is 1. The van der Waals surface area contributed by atoms with Crippen LogP contribution in [0.5, 0.6) is 0 Å². The van der Waals surface area contributed by atoms with E-state index in [0.29, 0.717) is 18.4 Å². The van der Waals surface area contributed by atoms with E-state index in [2.05, 4.69) is 4.90 Å². The highest BCUT2D eigenvalue weighted by Crippen LogP contribution is 2.26. The zero-order valence-electron chi connectivity index (χ0n) is 9.87. The minimum atomic E-state index is -0.549. The molecule has 4 heteroatoms. The van der Waals surface area contributed by atoms with Crippen molar-refractivity contribution in [1.29, 1.82) is 0 Å². The molecular weight excluding hydrogens is 224 g/mol. The van der Waals surface area contributed by atoms with E-state index in [1.165, 1.54) is 12.1 Å². The number of aliphatic hydroxyl groups is 1. The SMILES string of the molecule is CC(c1ccc(F)cc1F)N1CCC(O)CC1. The highest BCUT2D eigenvalue weighted by molar-refractivity contribution is 5.21. The summed E-state index contributed by atoms with van der Waals surface area (Å²) in [6, 6.07) is 3.63. The largest absolute Gasteiger partial charge is 0.393 e. The van der Waals surface area contributed by atoms with E-state index in [-0.39, 0.29) is 12.1 Å². The van der Waals surface area contributed by atoms with Gasteiger partial charge < -0.3 is 5.11 Å². The summed E-state index contributed by atoms with van der Waals surface area (Å²) in [6.45, 7) is 3.41. The Bertz CT molecular complexity index is 389. The average molecular weight is 241 g/mol. The summed E-state index contributed by atoms with van der Waals surface area (Å²) < 4.78 is 26.4. The van der Waals surface area contributed by atoms with Crippen molar-refractivity contribution < 1.29 is 13.9 Å². The van der Waals surface area contributed by atoms with Gasteiger partial charge in [-0.2, -0.15) is 0 Å². The molecule has 1 aliphatic rings. The van der Waals surface area contributed by atoms with Gasteiger partial charge in [0.15, 0.2) is 0 Å². The van der Waals surface area contributed by atoms with Crippen LogP contribution in [-0.2, 0) is 0 Å². The van der Waals surface area contributed by atoms with E-state index in [9.17, 15) is 13.9 Å². The molecule has 1 saturated heterocycles. The second-order valence-electron chi connectivity index (χ2n) is 4.61. The van der Waals surface area contributed by atoms with Crippen molar-refractivity contribution in [1.82, 2.24) is 4.90 Å². The smallest absolute Gasteiger partial charge is 0.130 e. The molecule has 1 unspecified atom stereocenters. The van der Waals surface area contributed by atoms with E-state index in [1.807, 2.05) is 6.92 Å². The maximum absolute atomic E-state index is 13.6. The number of nitrogens with zero attached hydrogens (tertiary/aromatic N) is 1. The lowest BCUT2D eigenvalue weighted by Gasteiger charge is -2.34. The summed E-state index contributed by atoms with van der Waals surface area (Å²) in [7, 11) is 0. The molecule has 1 fully saturated rings. The summed E-state index contributed by atoms with van der Waals surface area (Å²) in [6.07, 6.45) is 1.19. The van der Waals surface area contributed by atoms with Crippen LogP contribution in [0, 0.1) is 11.6 Å².